The van der Waals surface area contributed by atoms with E-state index in [2.05, 4.69) is 6.92 Å². The Balaban J connectivity index is 1.47. The number of hydrogen-bond donors (Lipinski definition) is 0. The number of morpholine rings is 1. The summed E-state index contributed by atoms with van der Waals surface area (Å²) in [6.07, 6.45) is 3.67. The van der Waals surface area contributed by atoms with E-state index in [-0.39, 0.29) is 35.7 Å². The zero-order valence-electron chi connectivity index (χ0n) is 18.6. The van der Waals surface area contributed by atoms with Crippen LogP contribution in [0.25, 0.3) is 0 Å². The van der Waals surface area contributed by atoms with Crippen LogP contribution in [-0.2, 0) is 19.5 Å². The Morgan fingerprint density at radius 1 is 1.16 bits per heavy atom. The van der Waals surface area contributed by atoms with Crippen LogP contribution in [-0.4, -0.2) is 67.2 Å². The number of hydrogen-bond acceptors (Lipinski definition) is 5. The Hall–Kier alpha value is -1.35. The molecule has 2 aliphatic carbocycles. The van der Waals surface area contributed by atoms with Crippen molar-refractivity contribution < 1.29 is 22.7 Å². The van der Waals surface area contributed by atoms with Crippen LogP contribution >= 0.6 is 11.6 Å². The van der Waals surface area contributed by atoms with Gasteiger partial charge in [-0.3, -0.25) is 0 Å². The van der Waals surface area contributed by atoms with E-state index in [1.54, 1.807) is 33.5 Å². The molecule has 0 unspecified atom stereocenters. The zero-order valence-corrected chi connectivity index (χ0v) is 20.1. The maximum atomic E-state index is 13.9. The average molecular weight is 483 g/mol. The average Bonchev–Trinajstić information content (AvgIpc) is 3.68. The van der Waals surface area contributed by atoms with Crippen molar-refractivity contribution in [2.45, 2.75) is 74.6 Å². The fourth-order valence-corrected chi connectivity index (χ4v) is 7.37. The van der Waals surface area contributed by atoms with Gasteiger partial charge < -0.3 is 14.4 Å². The van der Waals surface area contributed by atoms with Crippen LogP contribution in [0.5, 0.6) is 0 Å². The van der Waals surface area contributed by atoms with Gasteiger partial charge in [0.15, 0.2) is 0 Å². The van der Waals surface area contributed by atoms with Gasteiger partial charge in [0.25, 0.3) is 0 Å². The third kappa shape index (κ3) is 4.04. The number of halogens is 1. The second-order valence-corrected chi connectivity index (χ2v) is 12.2. The Bertz CT molecular complexity index is 977. The Morgan fingerprint density at radius 2 is 1.84 bits per heavy atom. The lowest BCUT2D eigenvalue weighted by Crippen LogP contribution is -2.64. The van der Waals surface area contributed by atoms with E-state index in [1.165, 1.54) is 0 Å². The molecule has 2 saturated carbocycles. The lowest BCUT2D eigenvalue weighted by Gasteiger charge is -2.47. The predicted octanol–water partition coefficient (Wildman–Crippen LogP) is 3.91. The van der Waals surface area contributed by atoms with Crippen LogP contribution < -0.4 is 0 Å². The van der Waals surface area contributed by atoms with Crippen molar-refractivity contribution in [1.82, 2.24) is 9.21 Å². The molecule has 0 spiro atoms. The highest BCUT2D eigenvalue weighted by atomic mass is 35.5. The molecule has 1 amide bonds. The molecule has 0 radical (unpaired) electrons. The second kappa shape index (κ2) is 8.15. The zero-order chi connectivity index (χ0) is 22.7. The van der Waals surface area contributed by atoms with Gasteiger partial charge in [0, 0.05) is 18.1 Å². The van der Waals surface area contributed by atoms with Crippen molar-refractivity contribution in [3.63, 3.8) is 0 Å². The van der Waals surface area contributed by atoms with E-state index in [9.17, 15) is 13.2 Å². The number of carbonyl (C=O) groups is 1. The number of ether oxygens (including phenoxy) is 2. The van der Waals surface area contributed by atoms with Crippen molar-refractivity contribution in [3.05, 3.63) is 29.3 Å². The first-order valence-corrected chi connectivity index (χ1v) is 13.4. The largest absolute Gasteiger partial charge is 0.441 e. The lowest BCUT2D eigenvalue weighted by atomic mass is 9.99. The Kier molecular flexibility index (Phi) is 5.72. The van der Waals surface area contributed by atoms with Gasteiger partial charge in [0.2, 0.25) is 10.0 Å². The molecule has 176 valence electrons. The molecular weight excluding hydrogens is 452 g/mol. The van der Waals surface area contributed by atoms with Crippen LogP contribution in [0.3, 0.4) is 0 Å². The summed E-state index contributed by atoms with van der Waals surface area (Å²) in [5.74, 6) is 0.721. The van der Waals surface area contributed by atoms with E-state index < -0.39 is 21.7 Å². The first-order valence-electron chi connectivity index (χ1n) is 11.6. The summed E-state index contributed by atoms with van der Waals surface area (Å²) in [5, 5.41) is 0.488. The smallest absolute Gasteiger partial charge is 0.410 e. The van der Waals surface area contributed by atoms with Crippen LogP contribution in [0.2, 0.25) is 5.02 Å². The SMILES string of the molecule is C[C@@H]1CCN(C(=O)OC2([C@H]3CO[C@@H](C)[C@@H](C4CC4)N3S(=O)(=O)c3ccc(Cl)cc3)CC2)C1. The van der Waals surface area contributed by atoms with E-state index >= 15 is 0 Å². The van der Waals surface area contributed by atoms with E-state index in [0.717, 1.165) is 19.3 Å². The van der Waals surface area contributed by atoms with E-state index in [4.69, 9.17) is 21.1 Å². The van der Waals surface area contributed by atoms with Crippen molar-refractivity contribution >= 4 is 27.7 Å². The molecule has 1 aromatic carbocycles. The highest BCUT2D eigenvalue weighted by molar-refractivity contribution is 7.89. The molecule has 4 aliphatic rings. The molecule has 5 rings (SSSR count). The number of carbonyl (C=O) groups excluding carboxylic acids is 1. The molecule has 9 heteroatoms. The minimum Gasteiger partial charge on any atom is -0.441 e. The summed E-state index contributed by atoms with van der Waals surface area (Å²) >= 11 is 6.01. The van der Waals surface area contributed by atoms with Crippen LogP contribution in [0.1, 0.15) is 46.0 Å². The molecule has 2 aliphatic heterocycles. The van der Waals surface area contributed by atoms with Gasteiger partial charge in [-0.15, -0.1) is 0 Å². The number of amides is 1. The quantitative estimate of drug-likeness (QED) is 0.636. The number of benzene rings is 1. The van der Waals surface area contributed by atoms with Gasteiger partial charge in [-0.2, -0.15) is 4.31 Å². The third-order valence-electron chi connectivity index (χ3n) is 7.42. The van der Waals surface area contributed by atoms with Gasteiger partial charge in [-0.05, 0) is 75.1 Å². The summed E-state index contributed by atoms with van der Waals surface area (Å²) in [7, 11) is -3.83. The Labute approximate surface area is 195 Å². The van der Waals surface area contributed by atoms with Gasteiger partial charge in [-0.1, -0.05) is 18.5 Å². The summed E-state index contributed by atoms with van der Waals surface area (Å²) < 4.78 is 41.7. The van der Waals surface area contributed by atoms with Crippen molar-refractivity contribution in [2.24, 2.45) is 11.8 Å². The summed E-state index contributed by atoms with van der Waals surface area (Å²) in [5.41, 5.74) is -0.824. The third-order valence-corrected chi connectivity index (χ3v) is 9.59. The topological polar surface area (TPSA) is 76.2 Å². The van der Waals surface area contributed by atoms with Gasteiger partial charge in [0.05, 0.1) is 29.7 Å². The molecule has 0 aromatic heterocycles. The van der Waals surface area contributed by atoms with E-state index in [1.807, 2.05) is 6.92 Å². The Morgan fingerprint density at radius 3 is 2.41 bits per heavy atom. The highest BCUT2D eigenvalue weighted by Crippen LogP contribution is 2.51. The monoisotopic (exact) mass is 482 g/mol. The van der Waals surface area contributed by atoms with Crippen molar-refractivity contribution in [3.8, 4) is 0 Å². The molecule has 32 heavy (non-hydrogen) atoms. The number of sulfonamides is 1. The minimum absolute atomic E-state index is 0.210. The number of likely N-dealkylation sites (tertiary alicyclic amines) is 1. The molecule has 2 saturated heterocycles. The minimum atomic E-state index is -3.83. The van der Waals surface area contributed by atoms with Crippen molar-refractivity contribution in [1.29, 1.82) is 0 Å². The molecule has 2 heterocycles. The molecule has 0 N–H and O–H groups in total. The number of rotatable bonds is 5. The van der Waals surface area contributed by atoms with Crippen molar-refractivity contribution in [2.75, 3.05) is 19.7 Å². The molecule has 4 atom stereocenters. The highest BCUT2D eigenvalue weighted by Gasteiger charge is 2.63. The molecule has 1 aromatic rings. The molecule has 0 bridgehead atoms. The fraction of sp³-hybridized carbons (Fsp3) is 0.696. The number of nitrogens with zero attached hydrogens (tertiary/aromatic N) is 2. The van der Waals surface area contributed by atoms with Crippen LogP contribution in [0, 0.1) is 11.8 Å². The first-order chi connectivity index (χ1) is 15.2. The predicted molar refractivity (Wildman–Crippen MR) is 120 cm³/mol. The van der Waals surface area contributed by atoms with Gasteiger partial charge >= 0.3 is 6.09 Å². The summed E-state index contributed by atoms with van der Waals surface area (Å²) in [6.45, 7) is 5.66. The maximum absolute atomic E-state index is 13.9. The maximum Gasteiger partial charge on any atom is 0.410 e. The summed E-state index contributed by atoms with van der Waals surface area (Å²) in [4.78, 5) is 14.9. The van der Waals surface area contributed by atoms with Gasteiger partial charge in [0.1, 0.15) is 5.60 Å². The van der Waals surface area contributed by atoms with E-state index in [0.29, 0.717) is 36.9 Å². The standard InChI is InChI=1S/C23H31ClN2O5S/c1-15-9-12-25(13-15)22(27)31-23(10-11-23)20-14-30-16(2)21(17-3-4-17)26(20)32(28,29)19-7-5-18(24)6-8-19/h5-8,15-17,20-21H,3-4,9-14H2,1-2H3/t15-,16+,20-,21+/m1/s1. The molecular formula is C23H31ClN2O5S. The second-order valence-electron chi connectivity index (χ2n) is 9.94. The van der Waals surface area contributed by atoms with Crippen LogP contribution in [0.4, 0.5) is 4.79 Å². The normalized spacial score (nSPS) is 32.7. The molecule has 7 nitrogen and oxygen atoms in total. The van der Waals surface area contributed by atoms with Gasteiger partial charge in [-0.25, -0.2) is 13.2 Å². The molecule has 4 fully saturated rings. The first kappa shape index (κ1) is 22.4. The lowest BCUT2D eigenvalue weighted by molar-refractivity contribution is -0.109. The fourth-order valence-electron chi connectivity index (χ4n) is 5.26. The summed E-state index contributed by atoms with van der Waals surface area (Å²) in [6, 6.07) is 5.50. The van der Waals surface area contributed by atoms with Crippen LogP contribution in [0.15, 0.2) is 29.2 Å².